The van der Waals surface area contributed by atoms with Crippen LogP contribution in [0.2, 0.25) is 0 Å². The second-order valence-corrected chi connectivity index (χ2v) is 9.65. The third kappa shape index (κ3) is 4.57. The average Bonchev–Trinajstić information content (AvgIpc) is 3.47. The zero-order chi connectivity index (χ0) is 21.9. The number of nitrogens with zero attached hydrogens (tertiary/aromatic N) is 4. The lowest BCUT2D eigenvalue weighted by Gasteiger charge is -2.36. The monoisotopic (exact) mass is 437 g/mol. The predicted octanol–water partition coefficient (Wildman–Crippen LogP) is 4.23. The Hall–Kier alpha value is -2.70. The van der Waals surface area contributed by atoms with Crippen molar-refractivity contribution in [2.24, 2.45) is 17.8 Å². The number of rotatable bonds is 6. The van der Waals surface area contributed by atoms with Crippen molar-refractivity contribution in [1.82, 2.24) is 20.2 Å². The van der Waals surface area contributed by atoms with Gasteiger partial charge < -0.3 is 15.1 Å². The van der Waals surface area contributed by atoms with Crippen LogP contribution in [-0.4, -0.2) is 46.6 Å². The molecule has 2 amide bonds. The number of benzene rings is 1. The first-order valence-electron chi connectivity index (χ1n) is 12.0. The highest BCUT2D eigenvalue weighted by atomic mass is 19.1. The molecule has 7 heteroatoms. The molecule has 5 rings (SSSR count). The molecular formula is C25H32FN5O. The number of hydrogen-bond donors (Lipinski definition) is 1. The summed E-state index contributed by atoms with van der Waals surface area (Å²) in [7, 11) is 0. The Morgan fingerprint density at radius 1 is 1.12 bits per heavy atom. The maximum atomic E-state index is 14.4. The fraction of sp³-hybridized carbons (Fsp3) is 0.560. The molecule has 32 heavy (non-hydrogen) atoms. The van der Waals surface area contributed by atoms with Crippen LogP contribution in [-0.2, 0) is 6.54 Å². The van der Waals surface area contributed by atoms with Gasteiger partial charge in [-0.2, -0.15) is 0 Å². The van der Waals surface area contributed by atoms with Crippen molar-refractivity contribution in [2.45, 2.75) is 51.1 Å². The molecule has 3 fully saturated rings. The number of amides is 2. The van der Waals surface area contributed by atoms with Crippen molar-refractivity contribution in [2.75, 3.05) is 24.5 Å². The maximum absolute atomic E-state index is 14.4. The van der Waals surface area contributed by atoms with Crippen LogP contribution in [0.15, 0.2) is 42.7 Å². The molecule has 1 N–H and O–H groups in total. The topological polar surface area (TPSA) is 61.4 Å². The van der Waals surface area contributed by atoms with E-state index in [2.05, 4.69) is 20.2 Å². The molecule has 2 heterocycles. The van der Waals surface area contributed by atoms with Crippen molar-refractivity contribution in [1.29, 1.82) is 0 Å². The zero-order valence-corrected chi connectivity index (χ0v) is 18.5. The largest absolute Gasteiger partial charge is 0.340 e. The molecule has 4 unspecified atom stereocenters. The van der Waals surface area contributed by atoms with E-state index in [0.29, 0.717) is 30.5 Å². The molecule has 1 aromatic carbocycles. The minimum Gasteiger partial charge on any atom is -0.340 e. The molecule has 0 radical (unpaired) electrons. The third-order valence-electron chi connectivity index (χ3n) is 7.56. The van der Waals surface area contributed by atoms with Crippen LogP contribution in [0.4, 0.5) is 15.1 Å². The van der Waals surface area contributed by atoms with E-state index < -0.39 is 0 Å². The first kappa shape index (κ1) is 21.2. The minimum absolute atomic E-state index is 0.0566. The molecule has 0 spiro atoms. The van der Waals surface area contributed by atoms with Crippen molar-refractivity contribution >= 4 is 12.0 Å². The number of piperidine rings is 1. The fourth-order valence-corrected chi connectivity index (χ4v) is 5.94. The quantitative estimate of drug-likeness (QED) is 0.735. The number of fused-ring (bicyclic) bond motifs is 2. The number of hydrogen-bond acceptors (Lipinski definition) is 4. The predicted molar refractivity (Wildman–Crippen MR) is 122 cm³/mol. The zero-order valence-electron chi connectivity index (χ0n) is 18.5. The molecule has 4 atom stereocenters. The summed E-state index contributed by atoms with van der Waals surface area (Å²) in [6, 6.07) is 8.80. The van der Waals surface area contributed by atoms with Crippen LogP contribution in [0.1, 0.15) is 44.1 Å². The van der Waals surface area contributed by atoms with Gasteiger partial charge in [-0.3, -0.25) is 0 Å². The fourth-order valence-electron chi connectivity index (χ4n) is 5.94. The van der Waals surface area contributed by atoms with Gasteiger partial charge in [0.2, 0.25) is 5.95 Å². The lowest BCUT2D eigenvalue weighted by atomic mass is 9.93. The van der Waals surface area contributed by atoms with Crippen molar-refractivity contribution < 1.29 is 9.18 Å². The van der Waals surface area contributed by atoms with Gasteiger partial charge in [-0.05, 0) is 62.0 Å². The Balaban J connectivity index is 1.24. The Morgan fingerprint density at radius 3 is 2.72 bits per heavy atom. The first-order valence-corrected chi connectivity index (χ1v) is 12.0. The highest BCUT2D eigenvalue weighted by Gasteiger charge is 2.44. The maximum Gasteiger partial charge on any atom is 0.317 e. The molecule has 2 aromatic rings. The Morgan fingerprint density at radius 2 is 1.97 bits per heavy atom. The average molecular weight is 438 g/mol. The summed E-state index contributed by atoms with van der Waals surface area (Å²) < 4.78 is 14.4. The van der Waals surface area contributed by atoms with Gasteiger partial charge in [0.1, 0.15) is 5.82 Å². The second kappa shape index (κ2) is 9.43. The summed E-state index contributed by atoms with van der Waals surface area (Å²) in [6.45, 7) is 2.74. The summed E-state index contributed by atoms with van der Waals surface area (Å²) in [6.07, 6.45) is 10.4. The molecule has 1 aliphatic heterocycles. The number of nitrogens with one attached hydrogen (secondary N) is 1. The number of anilines is 1. The van der Waals surface area contributed by atoms with Gasteiger partial charge in [0.15, 0.2) is 0 Å². The van der Waals surface area contributed by atoms with Gasteiger partial charge in [0.05, 0.1) is 6.54 Å². The number of carbonyl (C=O) groups excluding carboxylic acids is 1. The summed E-state index contributed by atoms with van der Waals surface area (Å²) in [5, 5.41) is 3.20. The third-order valence-corrected chi connectivity index (χ3v) is 7.56. The molecule has 3 aliphatic rings. The molecule has 2 aliphatic carbocycles. The van der Waals surface area contributed by atoms with Gasteiger partial charge in [0.25, 0.3) is 0 Å². The highest BCUT2D eigenvalue weighted by Crippen LogP contribution is 2.47. The molecule has 6 nitrogen and oxygen atoms in total. The van der Waals surface area contributed by atoms with Crippen molar-refractivity contribution in [3.63, 3.8) is 0 Å². The van der Waals surface area contributed by atoms with Crippen LogP contribution in [0, 0.1) is 23.6 Å². The molecule has 2 saturated carbocycles. The van der Waals surface area contributed by atoms with Gasteiger partial charge in [0, 0.05) is 43.6 Å². The summed E-state index contributed by atoms with van der Waals surface area (Å²) in [5.74, 6) is 2.15. The van der Waals surface area contributed by atoms with E-state index in [1.54, 1.807) is 24.5 Å². The van der Waals surface area contributed by atoms with Gasteiger partial charge in [-0.1, -0.05) is 24.6 Å². The van der Waals surface area contributed by atoms with Crippen LogP contribution in [0.25, 0.3) is 0 Å². The number of carbonyl (C=O) groups is 1. The van der Waals surface area contributed by atoms with Crippen molar-refractivity contribution in [3.05, 3.63) is 54.1 Å². The molecule has 170 valence electrons. The highest BCUT2D eigenvalue weighted by molar-refractivity contribution is 5.74. The standard InChI is InChI=1S/C25H32FN5O/c26-22-7-2-1-6-21(22)17-31(23-14-18-8-9-20(23)13-18)25(32)29-15-19-5-3-12-30(16-19)24-27-10-4-11-28-24/h1-2,4,6-7,10-11,18-20,23H,3,5,8-9,12-17H2,(H,29,32). The Kier molecular flexibility index (Phi) is 6.23. The van der Waals surface area contributed by atoms with Crippen LogP contribution >= 0.6 is 0 Å². The first-order chi connectivity index (χ1) is 15.7. The number of aromatic nitrogens is 2. The van der Waals surface area contributed by atoms with Crippen LogP contribution in [0.5, 0.6) is 0 Å². The summed E-state index contributed by atoms with van der Waals surface area (Å²) in [4.78, 5) is 26.2. The smallest absolute Gasteiger partial charge is 0.317 e. The lowest BCUT2D eigenvalue weighted by Crippen LogP contribution is -2.50. The van der Waals surface area contributed by atoms with Crippen LogP contribution < -0.4 is 10.2 Å². The normalized spacial score (nSPS) is 26.8. The van der Waals surface area contributed by atoms with Crippen molar-refractivity contribution in [3.8, 4) is 0 Å². The van der Waals surface area contributed by atoms with E-state index in [9.17, 15) is 9.18 Å². The molecule has 2 bridgehead atoms. The summed E-state index contributed by atoms with van der Waals surface area (Å²) in [5.41, 5.74) is 0.593. The van der Waals surface area contributed by atoms with E-state index in [-0.39, 0.29) is 17.9 Å². The van der Waals surface area contributed by atoms with E-state index in [1.165, 1.54) is 25.3 Å². The molecule has 1 aromatic heterocycles. The molecule has 1 saturated heterocycles. The number of urea groups is 1. The lowest BCUT2D eigenvalue weighted by molar-refractivity contribution is 0.140. The minimum atomic E-state index is -0.237. The van der Waals surface area contributed by atoms with E-state index in [1.807, 2.05) is 17.0 Å². The molecular weight excluding hydrogens is 405 g/mol. The van der Waals surface area contributed by atoms with E-state index in [0.717, 1.165) is 44.2 Å². The number of halogens is 1. The van der Waals surface area contributed by atoms with E-state index >= 15 is 0 Å². The van der Waals surface area contributed by atoms with E-state index in [4.69, 9.17) is 0 Å². The van der Waals surface area contributed by atoms with Gasteiger partial charge >= 0.3 is 6.03 Å². The van der Waals surface area contributed by atoms with Crippen LogP contribution in [0.3, 0.4) is 0 Å². The SMILES string of the molecule is O=C(NCC1CCCN(c2ncccn2)C1)N(Cc1ccccc1F)C1CC2CCC1C2. The Labute approximate surface area is 189 Å². The second-order valence-electron chi connectivity index (χ2n) is 9.65. The summed E-state index contributed by atoms with van der Waals surface area (Å²) >= 11 is 0. The Bertz CT molecular complexity index is 926. The van der Waals surface area contributed by atoms with Gasteiger partial charge in [-0.25, -0.2) is 19.2 Å². The van der Waals surface area contributed by atoms with Gasteiger partial charge in [-0.15, -0.1) is 0 Å².